The number of nitrogens with two attached hydrogens (primary N) is 1. The predicted molar refractivity (Wildman–Crippen MR) is 64.3 cm³/mol. The summed E-state index contributed by atoms with van der Waals surface area (Å²) in [6, 6.07) is 0. The molecule has 92 valence electrons. The second-order valence-corrected chi connectivity index (χ2v) is 5.33. The summed E-state index contributed by atoms with van der Waals surface area (Å²) in [4.78, 5) is 4.28. The average molecular weight is 245 g/mol. The summed E-state index contributed by atoms with van der Waals surface area (Å²) < 4.78 is 10.3. The van der Waals surface area contributed by atoms with Crippen LogP contribution in [0.15, 0.2) is 4.52 Å². The molecule has 1 aromatic heterocycles. The number of rotatable bonds is 7. The van der Waals surface area contributed by atoms with E-state index in [1.54, 1.807) is 18.9 Å². The first-order chi connectivity index (χ1) is 7.65. The molecule has 1 heterocycles. The Morgan fingerprint density at radius 2 is 2.25 bits per heavy atom. The van der Waals surface area contributed by atoms with Gasteiger partial charge in [-0.05, 0) is 5.25 Å². The molecular formula is C10H19N3O2S. The largest absolute Gasteiger partial charge is 0.380 e. The summed E-state index contributed by atoms with van der Waals surface area (Å²) in [6.07, 6.45) is 0.526. The highest BCUT2D eigenvalue weighted by Crippen LogP contribution is 2.15. The van der Waals surface area contributed by atoms with Crippen molar-refractivity contribution in [1.29, 1.82) is 0 Å². The fraction of sp³-hybridized carbons (Fsp3) is 0.800. The quantitative estimate of drug-likeness (QED) is 0.778. The van der Waals surface area contributed by atoms with Gasteiger partial charge in [0.05, 0.1) is 18.3 Å². The van der Waals surface area contributed by atoms with Crippen LogP contribution in [-0.4, -0.2) is 35.1 Å². The van der Waals surface area contributed by atoms with Crippen molar-refractivity contribution in [3.63, 3.8) is 0 Å². The first kappa shape index (κ1) is 13.5. The average Bonchev–Trinajstić information content (AvgIpc) is 2.70. The molecule has 2 N–H and O–H groups in total. The van der Waals surface area contributed by atoms with Crippen molar-refractivity contribution in [3.05, 3.63) is 11.7 Å². The van der Waals surface area contributed by atoms with Crippen LogP contribution in [0.1, 0.15) is 25.6 Å². The molecule has 0 aromatic carbocycles. The second-order valence-electron chi connectivity index (χ2n) is 3.76. The standard InChI is InChI=1S/C10H19N3O2S/c1-7(2)16-6-9-12-10(15-13-9)4-8(5-11)14-3/h7-8H,4-6,11H2,1-3H3. The van der Waals surface area contributed by atoms with Gasteiger partial charge in [0.2, 0.25) is 5.89 Å². The summed E-state index contributed by atoms with van der Waals surface area (Å²) >= 11 is 1.79. The lowest BCUT2D eigenvalue weighted by atomic mass is 10.2. The molecule has 0 aliphatic carbocycles. The van der Waals surface area contributed by atoms with E-state index in [2.05, 4.69) is 24.0 Å². The van der Waals surface area contributed by atoms with Crippen LogP contribution in [0, 0.1) is 0 Å². The summed E-state index contributed by atoms with van der Waals surface area (Å²) in [7, 11) is 1.63. The zero-order valence-electron chi connectivity index (χ0n) is 9.97. The number of nitrogens with zero attached hydrogens (tertiary/aromatic N) is 2. The zero-order valence-corrected chi connectivity index (χ0v) is 10.8. The highest BCUT2D eigenvalue weighted by Gasteiger charge is 2.12. The Hall–Kier alpha value is -0.590. The molecule has 0 bridgehead atoms. The maximum atomic E-state index is 5.52. The summed E-state index contributed by atoms with van der Waals surface area (Å²) in [5.41, 5.74) is 5.52. The summed E-state index contributed by atoms with van der Waals surface area (Å²) in [5, 5.41) is 4.47. The number of thioether (sulfide) groups is 1. The van der Waals surface area contributed by atoms with E-state index in [-0.39, 0.29) is 6.10 Å². The third-order valence-electron chi connectivity index (χ3n) is 2.05. The lowest BCUT2D eigenvalue weighted by Gasteiger charge is -2.08. The number of hydrogen-bond donors (Lipinski definition) is 1. The highest BCUT2D eigenvalue weighted by molar-refractivity contribution is 7.99. The van der Waals surface area contributed by atoms with Gasteiger partial charge in [-0.1, -0.05) is 19.0 Å². The Kier molecular flexibility index (Phi) is 5.79. The van der Waals surface area contributed by atoms with Gasteiger partial charge in [0.15, 0.2) is 5.82 Å². The molecule has 0 aliphatic rings. The fourth-order valence-electron chi connectivity index (χ4n) is 1.13. The third-order valence-corrected chi connectivity index (χ3v) is 3.15. The van der Waals surface area contributed by atoms with Crippen LogP contribution in [0.3, 0.4) is 0 Å². The van der Waals surface area contributed by atoms with Crippen LogP contribution >= 0.6 is 11.8 Å². The van der Waals surface area contributed by atoms with Gasteiger partial charge in [-0.2, -0.15) is 16.7 Å². The molecule has 16 heavy (non-hydrogen) atoms. The molecule has 0 saturated heterocycles. The minimum absolute atomic E-state index is 0.0500. The monoisotopic (exact) mass is 245 g/mol. The molecule has 0 spiro atoms. The molecule has 1 atom stereocenters. The van der Waals surface area contributed by atoms with Crippen LogP contribution < -0.4 is 5.73 Å². The molecule has 1 unspecified atom stereocenters. The Bertz CT molecular complexity index is 300. The Morgan fingerprint density at radius 3 is 2.81 bits per heavy atom. The predicted octanol–water partition coefficient (Wildman–Crippen LogP) is 1.23. The van der Waals surface area contributed by atoms with Gasteiger partial charge in [-0.15, -0.1) is 0 Å². The molecule has 6 heteroatoms. The normalized spacial score (nSPS) is 13.3. The van der Waals surface area contributed by atoms with E-state index in [0.29, 0.717) is 24.1 Å². The van der Waals surface area contributed by atoms with Gasteiger partial charge >= 0.3 is 0 Å². The molecule has 0 amide bonds. The highest BCUT2D eigenvalue weighted by atomic mass is 32.2. The van der Waals surface area contributed by atoms with Gasteiger partial charge in [0.1, 0.15) is 0 Å². The van der Waals surface area contributed by atoms with Gasteiger partial charge < -0.3 is 15.0 Å². The van der Waals surface area contributed by atoms with Crippen molar-refractivity contribution < 1.29 is 9.26 Å². The number of ether oxygens (including phenoxy) is 1. The maximum absolute atomic E-state index is 5.52. The molecule has 0 fully saturated rings. The molecule has 0 radical (unpaired) electrons. The molecule has 1 rings (SSSR count). The zero-order chi connectivity index (χ0) is 12.0. The SMILES string of the molecule is COC(CN)Cc1nc(CSC(C)C)no1. The van der Waals surface area contributed by atoms with Crippen molar-refractivity contribution in [2.24, 2.45) is 5.73 Å². The smallest absolute Gasteiger partial charge is 0.229 e. The third kappa shape index (κ3) is 4.51. The number of hydrogen-bond acceptors (Lipinski definition) is 6. The minimum Gasteiger partial charge on any atom is -0.380 e. The van der Waals surface area contributed by atoms with Crippen LogP contribution in [-0.2, 0) is 16.9 Å². The van der Waals surface area contributed by atoms with Crippen molar-refractivity contribution in [2.45, 2.75) is 37.4 Å². The topological polar surface area (TPSA) is 74.2 Å². The maximum Gasteiger partial charge on any atom is 0.229 e. The fourth-order valence-corrected chi connectivity index (χ4v) is 1.73. The van der Waals surface area contributed by atoms with Crippen molar-refractivity contribution in [1.82, 2.24) is 10.1 Å². The summed E-state index contributed by atoms with van der Waals surface area (Å²) in [5.74, 6) is 2.11. The van der Waals surface area contributed by atoms with Gasteiger partial charge in [-0.25, -0.2) is 0 Å². The Morgan fingerprint density at radius 1 is 1.50 bits per heavy atom. The van der Waals surface area contributed by atoms with E-state index in [0.717, 1.165) is 11.6 Å². The van der Waals surface area contributed by atoms with Gasteiger partial charge in [-0.3, -0.25) is 0 Å². The first-order valence-corrected chi connectivity index (χ1v) is 6.36. The van der Waals surface area contributed by atoms with Crippen LogP contribution in [0.5, 0.6) is 0 Å². The van der Waals surface area contributed by atoms with E-state index in [9.17, 15) is 0 Å². The summed E-state index contributed by atoms with van der Waals surface area (Å²) in [6.45, 7) is 4.73. The Labute approximate surface area is 100 Å². The number of aromatic nitrogens is 2. The van der Waals surface area contributed by atoms with E-state index in [4.69, 9.17) is 15.0 Å². The van der Waals surface area contributed by atoms with E-state index >= 15 is 0 Å². The molecular weight excluding hydrogens is 226 g/mol. The molecule has 1 aromatic rings. The second kappa shape index (κ2) is 6.88. The minimum atomic E-state index is -0.0500. The van der Waals surface area contributed by atoms with Crippen LogP contribution in [0.2, 0.25) is 0 Å². The van der Waals surface area contributed by atoms with Crippen LogP contribution in [0.25, 0.3) is 0 Å². The molecule has 0 aliphatic heterocycles. The van der Waals surface area contributed by atoms with Crippen molar-refractivity contribution >= 4 is 11.8 Å². The lowest BCUT2D eigenvalue weighted by Crippen LogP contribution is -2.24. The number of methoxy groups -OCH3 is 1. The van der Waals surface area contributed by atoms with Gasteiger partial charge in [0.25, 0.3) is 0 Å². The van der Waals surface area contributed by atoms with E-state index < -0.39 is 0 Å². The lowest BCUT2D eigenvalue weighted by molar-refractivity contribution is 0.102. The van der Waals surface area contributed by atoms with E-state index in [1.807, 2.05) is 0 Å². The first-order valence-electron chi connectivity index (χ1n) is 5.31. The van der Waals surface area contributed by atoms with Crippen molar-refractivity contribution in [2.75, 3.05) is 13.7 Å². The molecule has 5 nitrogen and oxygen atoms in total. The van der Waals surface area contributed by atoms with Crippen molar-refractivity contribution in [3.8, 4) is 0 Å². The van der Waals surface area contributed by atoms with Gasteiger partial charge in [0, 0.05) is 13.7 Å². The van der Waals surface area contributed by atoms with E-state index in [1.165, 1.54) is 0 Å². The van der Waals surface area contributed by atoms with Crippen LogP contribution in [0.4, 0.5) is 0 Å². The molecule has 0 saturated carbocycles. The Balaban J connectivity index is 2.44.